The average molecular weight is 286 g/mol. The van der Waals surface area contributed by atoms with Crippen LogP contribution in [-0.2, 0) is 0 Å². The lowest BCUT2D eigenvalue weighted by Gasteiger charge is -2.10. The summed E-state index contributed by atoms with van der Waals surface area (Å²) in [7, 11) is 0. The lowest BCUT2D eigenvalue weighted by molar-refractivity contribution is 0.102. The highest BCUT2D eigenvalue weighted by atomic mass is 32.1. The summed E-state index contributed by atoms with van der Waals surface area (Å²) in [5.74, 6) is -0.246. The third-order valence-corrected chi connectivity index (χ3v) is 3.13. The molecule has 0 saturated heterocycles. The number of anilines is 1. The molecule has 4 nitrogen and oxygen atoms in total. The van der Waals surface area contributed by atoms with Crippen LogP contribution in [0.5, 0.6) is 5.75 Å². The second-order valence-corrected chi connectivity index (χ2v) is 4.81. The molecule has 0 bridgehead atoms. The molecule has 0 heterocycles. The van der Waals surface area contributed by atoms with E-state index in [2.05, 4.69) is 5.32 Å². The number of amides is 1. The Hall–Kier alpha value is -2.40. The minimum absolute atomic E-state index is 0.0836. The van der Waals surface area contributed by atoms with Crippen molar-refractivity contribution >= 4 is 28.8 Å². The Kier molecular flexibility index (Phi) is 4.00. The fourth-order valence-corrected chi connectivity index (χ4v) is 1.93. The highest BCUT2D eigenvalue weighted by Gasteiger charge is 2.11. The van der Waals surface area contributed by atoms with E-state index in [0.29, 0.717) is 22.4 Å². The smallest absolute Gasteiger partial charge is 0.255 e. The van der Waals surface area contributed by atoms with Crippen molar-refractivity contribution < 1.29 is 9.90 Å². The number of carbonyl (C=O) groups is 1. The van der Waals surface area contributed by atoms with Crippen molar-refractivity contribution in [2.24, 2.45) is 5.73 Å². The topological polar surface area (TPSA) is 75.4 Å². The molecule has 2 aromatic rings. The predicted molar refractivity (Wildman–Crippen MR) is 83.1 cm³/mol. The first kappa shape index (κ1) is 14.0. The van der Waals surface area contributed by atoms with Crippen LogP contribution < -0.4 is 11.1 Å². The Morgan fingerprint density at radius 1 is 1.25 bits per heavy atom. The zero-order chi connectivity index (χ0) is 14.7. The molecule has 20 heavy (non-hydrogen) atoms. The molecule has 0 spiro atoms. The van der Waals surface area contributed by atoms with E-state index in [-0.39, 0.29) is 16.6 Å². The van der Waals surface area contributed by atoms with Crippen LogP contribution in [-0.4, -0.2) is 16.0 Å². The predicted octanol–water partition coefficient (Wildman–Crippen LogP) is 2.59. The maximum absolute atomic E-state index is 12.1. The van der Waals surface area contributed by atoms with Crippen molar-refractivity contribution in [3.63, 3.8) is 0 Å². The molecule has 0 radical (unpaired) electrons. The zero-order valence-corrected chi connectivity index (χ0v) is 11.7. The van der Waals surface area contributed by atoms with Gasteiger partial charge in [-0.3, -0.25) is 4.79 Å². The number of nitrogens with one attached hydrogen (secondary N) is 1. The van der Waals surface area contributed by atoms with Crippen molar-refractivity contribution in [3.8, 4) is 5.75 Å². The number of aromatic hydroxyl groups is 1. The number of carbonyl (C=O) groups excluding carboxylic acids is 1. The Balaban J connectivity index is 2.28. The van der Waals surface area contributed by atoms with Crippen LogP contribution >= 0.6 is 12.2 Å². The summed E-state index contributed by atoms with van der Waals surface area (Å²) in [6, 6.07) is 11.8. The second-order valence-electron chi connectivity index (χ2n) is 4.37. The van der Waals surface area contributed by atoms with E-state index >= 15 is 0 Å². The Labute approximate surface area is 122 Å². The summed E-state index contributed by atoms with van der Waals surface area (Å²) in [6.07, 6.45) is 0. The van der Waals surface area contributed by atoms with Gasteiger partial charge in [-0.2, -0.15) is 0 Å². The molecular formula is C15H14N2O2S. The molecule has 0 aliphatic rings. The van der Waals surface area contributed by atoms with Crippen molar-refractivity contribution in [1.29, 1.82) is 0 Å². The fourth-order valence-electron chi connectivity index (χ4n) is 1.75. The third-order valence-electron chi connectivity index (χ3n) is 2.91. The van der Waals surface area contributed by atoms with Crippen LogP contribution in [0.1, 0.15) is 21.5 Å². The second kappa shape index (κ2) is 5.71. The molecule has 0 unspecified atom stereocenters. The summed E-state index contributed by atoms with van der Waals surface area (Å²) >= 11 is 4.94. The van der Waals surface area contributed by atoms with Gasteiger partial charge >= 0.3 is 0 Å². The molecular weight excluding hydrogens is 272 g/mol. The van der Waals surface area contributed by atoms with Crippen molar-refractivity contribution in [2.45, 2.75) is 6.92 Å². The van der Waals surface area contributed by atoms with E-state index in [1.807, 2.05) is 0 Å². The average Bonchev–Trinajstić information content (AvgIpc) is 2.42. The molecule has 1 amide bonds. The van der Waals surface area contributed by atoms with E-state index in [4.69, 9.17) is 18.0 Å². The van der Waals surface area contributed by atoms with Gasteiger partial charge in [0.1, 0.15) is 10.7 Å². The third kappa shape index (κ3) is 2.95. The number of hydrogen-bond acceptors (Lipinski definition) is 3. The van der Waals surface area contributed by atoms with Crippen LogP contribution in [0.3, 0.4) is 0 Å². The zero-order valence-electron chi connectivity index (χ0n) is 10.9. The quantitative estimate of drug-likeness (QED) is 0.758. The number of nitrogens with two attached hydrogens (primary N) is 1. The number of benzene rings is 2. The van der Waals surface area contributed by atoms with Crippen LogP contribution in [0.15, 0.2) is 42.5 Å². The minimum Gasteiger partial charge on any atom is -0.508 e. The van der Waals surface area contributed by atoms with Crippen LogP contribution in [0.2, 0.25) is 0 Å². The van der Waals surface area contributed by atoms with Gasteiger partial charge in [-0.1, -0.05) is 30.4 Å². The Morgan fingerprint density at radius 3 is 2.60 bits per heavy atom. The molecule has 4 N–H and O–H groups in total. The van der Waals surface area contributed by atoms with Crippen molar-refractivity contribution in [2.75, 3.05) is 5.32 Å². The van der Waals surface area contributed by atoms with Gasteiger partial charge in [0.2, 0.25) is 0 Å². The SMILES string of the molecule is Cc1ccc(C(=O)Nc2ccccc2C(N)=S)cc1O. The maximum atomic E-state index is 12.1. The number of hydrogen-bond donors (Lipinski definition) is 3. The van der Waals surface area contributed by atoms with Crippen molar-refractivity contribution in [1.82, 2.24) is 0 Å². The van der Waals surface area contributed by atoms with Gasteiger partial charge in [-0.25, -0.2) is 0 Å². The number of para-hydroxylation sites is 1. The standard InChI is InChI=1S/C15H14N2O2S/c1-9-6-7-10(8-13(9)18)15(19)17-12-5-3-2-4-11(12)14(16)20/h2-8,18H,1H3,(H2,16,20)(H,17,19). The van der Waals surface area contributed by atoms with E-state index in [9.17, 15) is 9.90 Å². The summed E-state index contributed by atoms with van der Waals surface area (Å²) in [5.41, 5.74) is 7.84. The van der Waals surface area contributed by atoms with Gasteiger partial charge < -0.3 is 16.2 Å². The van der Waals surface area contributed by atoms with Gasteiger partial charge in [-0.05, 0) is 36.8 Å². The van der Waals surface area contributed by atoms with E-state index in [1.54, 1.807) is 43.3 Å². The molecule has 102 valence electrons. The molecule has 0 atom stereocenters. The Bertz CT molecular complexity index is 683. The molecule has 2 rings (SSSR count). The maximum Gasteiger partial charge on any atom is 0.255 e. The van der Waals surface area contributed by atoms with E-state index < -0.39 is 0 Å². The summed E-state index contributed by atoms with van der Waals surface area (Å²) in [4.78, 5) is 12.4. The molecule has 5 heteroatoms. The largest absolute Gasteiger partial charge is 0.508 e. The van der Waals surface area contributed by atoms with Crippen LogP contribution in [0.4, 0.5) is 5.69 Å². The van der Waals surface area contributed by atoms with Crippen molar-refractivity contribution in [3.05, 3.63) is 59.2 Å². The molecule has 0 saturated carbocycles. The summed E-state index contributed by atoms with van der Waals surface area (Å²) in [6.45, 7) is 1.76. The summed E-state index contributed by atoms with van der Waals surface area (Å²) in [5, 5.41) is 12.4. The van der Waals surface area contributed by atoms with Gasteiger partial charge in [-0.15, -0.1) is 0 Å². The van der Waals surface area contributed by atoms with Gasteiger partial charge in [0, 0.05) is 11.1 Å². The van der Waals surface area contributed by atoms with Crippen LogP contribution in [0, 0.1) is 6.92 Å². The van der Waals surface area contributed by atoms with Gasteiger partial charge in [0.25, 0.3) is 5.91 Å². The van der Waals surface area contributed by atoms with E-state index in [0.717, 1.165) is 0 Å². The van der Waals surface area contributed by atoms with Gasteiger partial charge in [0.05, 0.1) is 5.69 Å². The lowest BCUT2D eigenvalue weighted by atomic mass is 10.1. The molecule has 0 aliphatic heterocycles. The first-order valence-corrected chi connectivity index (χ1v) is 6.39. The number of rotatable bonds is 3. The first-order chi connectivity index (χ1) is 9.49. The first-order valence-electron chi connectivity index (χ1n) is 5.99. The number of thiocarbonyl (C=S) groups is 1. The van der Waals surface area contributed by atoms with E-state index in [1.165, 1.54) is 6.07 Å². The van der Waals surface area contributed by atoms with Gasteiger partial charge in [0.15, 0.2) is 0 Å². The normalized spacial score (nSPS) is 10.1. The highest BCUT2D eigenvalue weighted by molar-refractivity contribution is 7.80. The molecule has 0 aliphatic carbocycles. The van der Waals surface area contributed by atoms with Crippen LogP contribution in [0.25, 0.3) is 0 Å². The molecule has 2 aromatic carbocycles. The summed E-state index contributed by atoms with van der Waals surface area (Å²) < 4.78 is 0. The number of phenols is 1. The molecule has 0 fully saturated rings. The highest BCUT2D eigenvalue weighted by Crippen LogP contribution is 2.20. The lowest BCUT2D eigenvalue weighted by Crippen LogP contribution is -2.17. The number of aryl methyl sites for hydroxylation is 1. The Morgan fingerprint density at radius 2 is 1.95 bits per heavy atom. The minimum atomic E-state index is -0.330. The number of phenolic OH excluding ortho intramolecular Hbond substituents is 1. The monoisotopic (exact) mass is 286 g/mol. The fraction of sp³-hybridized carbons (Fsp3) is 0.0667. The molecule has 0 aromatic heterocycles.